The summed E-state index contributed by atoms with van der Waals surface area (Å²) < 4.78 is 2.11. The first-order valence-corrected chi connectivity index (χ1v) is 8.80. The highest BCUT2D eigenvalue weighted by atomic mass is 15.2. The second-order valence-electron chi connectivity index (χ2n) is 7.57. The highest BCUT2D eigenvalue weighted by Gasteiger charge is 2.37. The Morgan fingerprint density at radius 3 is 2.56 bits per heavy atom. The van der Waals surface area contributed by atoms with Crippen LogP contribution in [0.5, 0.6) is 0 Å². The average molecular weight is 334 g/mol. The minimum Gasteiger partial charge on any atom is -0.347 e. The van der Waals surface area contributed by atoms with Crippen molar-refractivity contribution in [2.45, 2.75) is 40.0 Å². The Morgan fingerprint density at radius 2 is 1.84 bits per heavy atom. The van der Waals surface area contributed by atoms with Gasteiger partial charge in [0.15, 0.2) is 5.69 Å². The molecule has 2 aromatic rings. The lowest BCUT2D eigenvalue weighted by Crippen LogP contribution is -2.36. The van der Waals surface area contributed by atoms with Crippen LogP contribution >= 0.6 is 0 Å². The van der Waals surface area contributed by atoms with E-state index in [2.05, 4.69) is 98.7 Å². The second kappa shape index (κ2) is 6.14. The first-order chi connectivity index (χ1) is 11.7. The second-order valence-corrected chi connectivity index (χ2v) is 7.57. The molecular formula is C22H28N3+. The molecule has 130 valence electrons. The number of hydrogen-bond acceptors (Lipinski definition) is 2. The Hall–Kier alpha value is -2.42. The van der Waals surface area contributed by atoms with Gasteiger partial charge in [-0.2, -0.15) is 0 Å². The van der Waals surface area contributed by atoms with E-state index in [0.717, 1.165) is 11.5 Å². The van der Waals surface area contributed by atoms with Gasteiger partial charge in [0.05, 0.1) is 7.05 Å². The third-order valence-corrected chi connectivity index (χ3v) is 5.27. The van der Waals surface area contributed by atoms with Crippen molar-refractivity contribution in [3.05, 3.63) is 70.5 Å². The Bertz CT molecular complexity index is 888. The number of nitrogens with zero attached hydrogens (tertiary/aromatic N) is 3. The Labute approximate surface area is 151 Å². The Morgan fingerprint density at radius 1 is 1.12 bits per heavy atom. The number of likely N-dealkylation sites (N-methyl/N-ethyl adjacent to an activating group) is 1. The fourth-order valence-corrected chi connectivity index (χ4v) is 3.69. The van der Waals surface area contributed by atoms with Crippen LogP contribution in [-0.2, 0) is 12.5 Å². The maximum atomic E-state index is 4.64. The zero-order chi connectivity index (χ0) is 18.4. The molecule has 0 atom stereocenters. The minimum absolute atomic E-state index is 0.00141. The molecule has 1 aromatic heterocycles. The molecule has 3 rings (SSSR count). The van der Waals surface area contributed by atoms with Crippen molar-refractivity contribution in [3.63, 3.8) is 0 Å². The zero-order valence-electron chi connectivity index (χ0n) is 16.4. The number of rotatable bonds is 2. The van der Waals surface area contributed by atoms with E-state index in [9.17, 15) is 0 Å². The molecule has 0 unspecified atom stereocenters. The average Bonchev–Trinajstić information content (AvgIpc) is 2.72. The molecule has 3 heteroatoms. The molecule has 0 fully saturated rings. The van der Waals surface area contributed by atoms with Crippen LogP contribution in [0.1, 0.15) is 42.2 Å². The highest BCUT2D eigenvalue weighted by molar-refractivity contribution is 5.71. The summed E-state index contributed by atoms with van der Waals surface area (Å²) in [6.07, 6.45) is 6.42. The lowest BCUT2D eigenvalue weighted by atomic mass is 9.83. The molecule has 0 spiro atoms. The van der Waals surface area contributed by atoms with Crippen LogP contribution < -0.4 is 9.47 Å². The van der Waals surface area contributed by atoms with Gasteiger partial charge in [-0.05, 0) is 36.5 Å². The number of aryl methyl sites for hydroxylation is 3. The zero-order valence-corrected chi connectivity index (χ0v) is 16.4. The number of hydrogen-bond donors (Lipinski definition) is 0. The molecule has 0 saturated carbocycles. The standard InChI is InChI=1S/C22H28N3/c1-15-11-12-19-18(13-15)22(4,5)20(25(19)7)9-8-10-21-23-16(2)14-17(3)24(21)6/h8-14H,1-7H3/q+1. The molecule has 2 heterocycles. The van der Waals surface area contributed by atoms with Crippen molar-refractivity contribution < 1.29 is 4.57 Å². The van der Waals surface area contributed by atoms with Gasteiger partial charge in [0.1, 0.15) is 5.69 Å². The molecule has 0 amide bonds. The molecule has 1 aromatic carbocycles. The fraction of sp³-hybridized carbons (Fsp3) is 0.364. The summed E-state index contributed by atoms with van der Waals surface area (Å²) in [7, 11) is 4.20. The largest absolute Gasteiger partial charge is 0.347 e. The van der Waals surface area contributed by atoms with Crippen molar-refractivity contribution in [2.75, 3.05) is 11.9 Å². The van der Waals surface area contributed by atoms with Crippen molar-refractivity contribution in [1.82, 2.24) is 4.98 Å². The number of aromatic nitrogens is 2. The fourth-order valence-electron chi connectivity index (χ4n) is 3.69. The van der Waals surface area contributed by atoms with Crippen molar-refractivity contribution in [2.24, 2.45) is 7.05 Å². The Kier molecular flexibility index (Phi) is 4.28. The molecule has 3 nitrogen and oxygen atoms in total. The van der Waals surface area contributed by atoms with Crippen LogP contribution in [0.2, 0.25) is 0 Å². The minimum atomic E-state index is -0.00141. The molecule has 1 aliphatic rings. The topological polar surface area (TPSA) is 20.0 Å². The van der Waals surface area contributed by atoms with Gasteiger partial charge in [-0.3, -0.25) is 0 Å². The predicted octanol–water partition coefficient (Wildman–Crippen LogP) is 4.16. The first-order valence-electron chi connectivity index (χ1n) is 8.80. The smallest absolute Gasteiger partial charge is 0.323 e. The van der Waals surface area contributed by atoms with Crippen LogP contribution in [-0.4, -0.2) is 12.0 Å². The molecule has 0 aliphatic carbocycles. The highest BCUT2D eigenvalue weighted by Crippen LogP contribution is 2.47. The number of allylic oxidation sites excluding steroid dienone is 3. The number of fused-ring (bicyclic) bond motifs is 1. The molecule has 0 saturated heterocycles. The third kappa shape index (κ3) is 2.99. The normalized spacial score (nSPS) is 17.6. The predicted molar refractivity (Wildman–Crippen MR) is 105 cm³/mol. The van der Waals surface area contributed by atoms with E-state index in [-0.39, 0.29) is 5.41 Å². The van der Waals surface area contributed by atoms with E-state index in [1.54, 1.807) is 0 Å². The van der Waals surface area contributed by atoms with Crippen LogP contribution in [0.15, 0.2) is 42.1 Å². The lowest BCUT2D eigenvalue weighted by molar-refractivity contribution is -0.682. The molecule has 0 radical (unpaired) electrons. The maximum Gasteiger partial charge on any atom is 0.323 e. The third-order valence-electron chi connectivity index (χ3n) is 5.27. The van der Waals surface area contributed by atoms with Gasteiger partial charge in [0.2, 0.25) is 0 Å². The summed E-state index contributed by atoms with van der Waals surface area (Å²) in [6.45, 7) is 10.9. The SMILES string of the molecule is Cc1ccc2c(c1)C(C)(C)C(=CC=Cc1nc(C)cc(C)[n+]1C)N2C. The van der Waals surface area contributed by atoms with E-state index >= 15 is 0 Å². The summed E-state index contributed by atoms with van der Waals surface area (Å²) in [5, 5.41) is 0. The van der Waals surface area contributed by atoms with Crippen LogP contribution in [0, 0.1) is 20.8 Å². The van der Waals surface area contributed by atoms with Gasteiger partial charge in [-0.1, -0.05) is 37.6 Å². The van der Waals surface area contributed by atoms with Gasteiger partial charge in [-0.15, -0.1) is 0 Å². The van der Waals surface area contributed by atoms with E-state index in [1.807, 2.05) is 6.92 Å². The van der Waals surface area contributed by atoms with Crippen LogP contribution in [0.25, 0.3) is 6.08 Å². The van der Waals surface area contributed by atoms with E-state index in [4.69, 9.17) is 0 Å². The van der Waals surface area contributed by atoms with Gasteiger partial charge >= 0.3 is 5.82 Å². The molecule has 25 heavy (non-hydrogen) atoms. The summed E-state index contributed by atoms with van der Waals surface area (Å²) in [5.41, 5.74) is 7.55. The summed E-state index contributed by atoms with van der Waals surface area (Å²) in [4.78, 5) is 6.94. The van der Waals surface area contributed by atoms with Crippen LogP contribution in [0.4, 0.5) is 5.69 Å². The first kappa shape index (κ1) is 17.4. The molecule has 0 bridgehead atoms. The quantitative estimate of drug-likeness (QED) is 0.769. The molecule has 1 aliphatic heterocycles. The number of benzene rings is 1. The van der Waals surface area contributed by atoms with Crippen molar-refractivity contribution in [1.29, 1.82) is 0 Å². The summed E-state index contributed by atoms with van der Waals surface area (Å²) in [5.74, 6) is 0.973. The van der Waals surface area contributed by atoms with Gasteiger partial charge in [-0.25, -0.2) is 4.57 Å². The summed E-state index contributed by atoms with van der Waals surface area (Å²) in [6, 6.07) is 8.82. The maximum absolute atomic E-state index is 4.64. The van der Waals surface area contributed by atoms with Gasteiger partial charge < -0.3 is 4.90 Å². The molecule has 0 N–H and O–H groups in total. The van der Waals surface area contributed by atoms with Crippen LogP contribution in [0.3, 0.4) is 0 Å². The van der Waals surface area contributed by atoms with E-state index in [1.165, 1.54) is 28.2 Å². The van der Waals surface area contributed by atoms with E-state index < -0.39 is 0 Å². The monoisotopic (exact) mass is 334 g/mol. The van der Waals surface area contributed by atoms with E-state index in [0.29, 0.717) is 0 Å². The number of anilines is 1. The van der Waals surface area contributed by atoms with Gasteiger partial charge in [0.25, 0.3) is 0 Å². The Balaban J connectivity index is 1.98. The van der Waals surface area contributed by atoms with Crippen molar-refractivity contribution >= 4 is 11.8 Å². The lowest BCUT2D eigenvalue weighted by Gasteiger charge is -2.23. The van der Waals surface area contributed by atoms with Gasteiger partial charge in [0, 0.05) is 42.9 Å². The molecular weight excluding hydrogens is 306 g/mol. The summed E-state index contributed by atoms with van der Waals surface area (Å²) >= 11 is 0. The van der Waals surface area contributed by atoms with Crippen molar-refractivity contribution in [3.8, 4) is 0 Å².